The molecule has 0 spiro atoms. The average Bonchev–Trinajstić information content (AvgIpc) is 2.65. The summed E-state index contributed by atoms with van der Waals surface area (Å²) in [6.07, 6.45) is 0. The number of carbonyl (C=O) groups excluding carboxylic acids is 2. The molecular weight excluding hydrogens is 403 g/mol. The highest BCUT2D eigenvalue weighted by Gasteiger charge is 2.15. The molecule has 0 radical (unpaired) electrons. The Balaban J connectivity index is 0.000000271. The van der Waals surface area contributed by atoms with Gasteiger partial charge in [-0.05, 0) is 12.1 Å². The average molecular weight is 419 g/mol. The van der Waals surface area contributed by atoms with Crippen LogP contribution in [0.15, 0.2) is 24.3 Å². The van der Waals surface area contributed by atoms with E-state index in [1.54, 1.807) is 0 Å². The zero-order valence-corrected chi connectivity index (χ0v) is 16.0. The van der Waals surface area contributed by atoms with Crippen molar-refractivity contribution >= 4 is 35.1 Å². The van der Waals surface area contributed by atoms with Gasteiger partial charge in [0.25, 0.3) is 0 Å². The van der Waals surface area contributed by atoms with Crippen molar-refractivity contribution < 1.29 is 39.1 Å². The number of ether oxygens (including phenoxy) is 3. The Labute approximate surface area is 164 Å². The van der Waals surface area contributed by atoms with Crippen LogP contribution in [-0.4, -0.2) is 48.6 Å². The van der Waals surface area contributed by atoms with Crippen molar-refractivity contribution in [1.82, 2.24) is 0 Å². The zero-order chi connectivity index (χ0) is 20.7. The molecule has 27 heavy (non-hydrogen) atoms. The van der Waals surface area contributed by atoms with Crippen molar-refractivity contribution in [3.63, 3.8) is 0 Å². The van der Waals surface area contributed by atoms with E-state index in [0.717, 1.165) is 12.1 Å². The van der Waals surface area contributed by atoms with Gasteiger partial charge in [0.15, 0.2) is 0 Å². The Bertz CT molecular complexity index is 851. The van der Waals surface area contributed by atoms with Crippen molar-refractivity contribution in [2.75, 3.05) is 21.3 Å². The van der Waals surface area contributed by atoms with Gasteiger partial charge in [0.1, 0.15) is 34.1 Å². The molecule has 2 aromatic rings. The molecule has 2 rings (SSSR count). The Morgan fingerprint density at radius 2 is 1.19 bits per heavy atom. The van der Waals surface area contributed by atoms with Crippen LogP contribution >= 0.6 is 23.2 Å². The molecular formula is C17H16Cl2O8. The van der Waals surface area contributed by atoms with Crippen molar-refractivity contribution in [2.24, 2.45) is 0 Å². The van der Waals surface area contributed by atoms with Crippen LogP contribution in [0.5, 0.6) is 23.0 Å². The third-order valence-corrected chi connectivity index (χ3v) is 3.74. The van der Waals surface area contributed by atoms with E-state index in [9.17, 15) is 19.8 Å². The molecule has 8 nitrogen and oxygen atoms in total. The molecule has 0 fully saturated rings. The van der Waals surface area contributed by atoms with E-state index in [1.807, 2.05) is 0 Å². The molecule has 10 heteroatoms. The van der Waals surface area contributed by atoms with Crippen LogP contribution in [0.25, 0.3) is 0 Å². The summed E-state index contributed by atoms with van der Waals surface area (Å²) in [5, 5.41) is 27.9. The zero-order valence-electron chi connectivity index (χ0n) is 14.4. The third kappa shape index (κ3) is 5.57. The number of phenols is 3. The monoisotopic (exact) mass is 418 g/mol. The van der Waals surface area contributed by atoms with Gasteiger partial charge in [-0.1, -0.05) is 23.2 Å². The lowest BCUT2D eigenvalue weighted by atomic mass is 10.2. The van der Waals surface area contributed by atoms with Gasteiger partial charge in [0, 0.05) is 12.1 Å². The van der Waals surface area contributed by atoms with Gasteiger partial charge in [-0.2, -0.15) is 0 Å². The number of hydrogen-bond acceptors (Lipinski definition) is 8. The van der Waals surface area contributed by atoms with Crippen LogP contribution in [0.3, 0.4) is 0 Å². The van der Waals surface area contributed by atoms with E-state index < -0.39 is 11.9 Å². The second-order valence-electron chi connectivity index (χ2n) is 4.81. The van der Waals surface area contributed by atoms with Crippen LogP contribution in [0.2, 0.25) is 10.0 Å². The predicted molar refractivity (Wildman–Crippen MR) is 97.1 cm³/mol. The van der Waals surface area contributed by atoms with E-state index >= 15 is 0 Å². The second-order valence-corrected chi connectivity index (χ2v) is 5.62. The molecule has 2 aromatic carbocycles. The number of phenolic OH excluding ortho intramolecular Hbond substituents is 3. The van der Waals surface area contributed by atoms with Gasteiger partial charge in [-0.15, -0.1) is 0 Å². The number of halogens is 2. The summed E-state index contributed by atoms with van der Waals surface area (Å²) in [7, 11) is 3.82. The summed E-state index contributed by atoms with van der Waals surface area (Å²) in [6, 6.07) is 4.67. The maximum absolute atomic E-state index is 11.1. The Morgan fingerprint density at radius 3 is 1.63 bits per heavy atom. The largest absolute Gasteiger partial charge is 0.507 e. The van der Waals surface area contributed by atoms with E-state index in [-0.39, 0.29) is 38.4 Å². The first kappa shape index (κ1) is 22.2. The molecule has 0 heterocycles. The highest BCUT2D eigenvalue weighted by atomic mass is 35.5. The summed E-state index contributed by atoms with van der Waals surface area (Å²) in [4.78, 5) is 22.1. The van der Waals surface area contributed by atoms with Gasteiger partial charge in [-0.25, -0.2) is 9.59 Å². The summed E-state index contributed by atoms with van der Waals surface area (Å²) in [5.41, 5.74) is -0.0661. The lowest BCUT2D eigenvalue weighted by Gasteiger charge is -2.07. The van der Waals surface area contributed by atoms with Gasteiger partial charge in [0.2, 0.25) is 0 Å². The summed E-state index contributed by atoms with van der Waals surface area (Å²) >= 11 is 11.3. The first-order chi connectivity index (χ1) is 12.7. The van der Waals surface area contributed by atoms with Crippen molar-refractivity contribution in [3.05, 3.63) is 45.4 Å². The van der Waals surface area contributed by atoms with Crippen LogP contribution in [0, 0.1) is 0 Å². The molecule has 0 bridgehead atoms. The minimum Gasteiger partial charge on any atom is -0.507 e. The Morgan fingerprint density at radius 1 is 0.741 bits per heavy atom. The number of rotatable bonds is 3. The number of benzene rings is 2. The normalized spacial score (nSPS) is 9.67. The minimum absolute atomic E-state index is 0.0123. The van der Waals surface area contributed by atoms with E-state index in [4.69, 9.17) is 33.0 Å². The molecule has 0 saturated heterocycles. The molecule has 0 aromatic heterocycles. The predicted octanol–water partition coefficient (Wildman–Crippen LogP) is 3.38. The van der Waals surface area contributed by atoms with Crippen LogP contribution in [0.4, 0.5) is 0 Å². The third-order valence-electron chi connectivity index (χ3n) is 3.15. The molecule has 0 aliphatic carbocycles. The fourth-order valence-electron chi connectivity index (χ4n) is 1.80. The van der Waals surface area contributed by atoms with E-state index in [2.05, 4.69) is 9.47 Å². The number of methoxy groups -OCH3 is 3. The maximum atomic E-state index is 11.1. The molecule has 0 atom stereocenters. The fraction of sp³-hybridized carbons (Fsp3) is 0.176. The van der Waals surface area contributed by atoms with Gasteiger partial charge < -0.3 is 29.5 Å². The van der Waals surface area contributed by atoms with Gasteiger partial charge >= 0.3 is 11.9 Å². The topological polar surface area (TPSA) is 123 Å². The molecule has 3 N–H and O–H groups in total. The number of carbonyl (C=O) groups is 2. The fourth-order valence-corrected chi connectivity index (χ4v) is 2.20. The lowest BCUT2D eigenvalue weighted by Crippen LogP contribution is -2.01. The van der Waals surface area contributed by atoms with Gasteiger partial charge in [-0.3, -0.25) is 0 Å². The molecule has 0 saturated carbocycles. The highest BCUT2D eigenvalue weighted by Crippen LogP contribution is 2.32. The SMILES string of the molecule is COC(=O)c1cc(Cl)c(O)cc1O.COC(=O)c1cc(Cl)c(OC)cc1O. The van der Waals surface area contributed by atoms with E-state index in [0.29, 0.717) is 5.75 Å². The standard InChI is InChI=1S/C9H9ClO4.C8H7ClO4/c1-13-8-4-7(11)5(3-6(8)10)9(12)14-2;1-13-8(12)4-2-5(9)7(11)3-6(4)10/h3-4,11H,1-2H3;2-3,10-11H,1H3. The Kier molecular flexibility index (Phi) is 8.01. The minimum atomic E-state index is -0.709. The van der Waals surface area contributed by atoms with E-state index in [1.165, 1.54) is 33.5 Å². The number of hydrogen-bond donors (Lipinski definition) is 3. The summed E-state index contributed by atoms with van der Waals surface area (Å²) in [5.74, 6) is -1.93. The smallest absolute Gasteiger partial charge is 0.341 e. The van der Waals surface area contributed by atoms with Crippen LogP contribution < -0.4 is 4.74 Å². The van der Waals surface area contributed by atoms with Crippen molar-refractivity contribution in [2.45, 2.75) is 0 Å². The summed E-state index contributed by atoms with van der Waals surface area (Å²) < 4.78 is 13.7. The first-order valence-electron chi connectivity index (χ1n) is 7.10. The van der Waals surface area contributed by atoms with Gasteiger partial charge in [0.05, 0.1) is 31.4 Å². The quantitative estimate of drug-likeness (QED) is 0.648. The highest BCUT2D eigenvalue weighted by molar-refractivity contribution is 6.32. The molecule has 0 unspecified atom stereocenters. The summed E-state index contributed by atoms with van der Waals surface area (Å²) in [6.45, 7) is 0. The molecule has 0 amide bonds. The molecule has 0 aliphatic rings. The molecule has 146 valence electrons. The number of esters is 2. The van der Waals surface area contributed by atoms with Crippen molar-refractivity contribution in [3.8, 4) is 23.0 Å². The molecule has 0 aliphatic heterocycles. The van der Waals surface area contributed by atoms with Crippen LogP contribution in [0.1, 0.15) is 20.7 Å². The number of aromatic hydroxyl groups is 3. The second kappa shape index (κ2) is 9.75. The van der Waals surface area contributed by atoms with Crippen LogP contribution in [-0.2, 0) is 9.47 Å². The van der Waals surface area contributed by atoms with Crippen molar-refractivity contribution in [1.29, 1.82) is 0 Å². The maximum Gasteiger partial charge on any atom is 0.341 e. The Hall–Kier alpha value is -2.84. The lowest BCUT2D eigenvalue weighted by molar-refractivity contribution is 0.0588. The first-order valence-corrected chi connectivity index (χ1v) is 7.86.